The van der Waals surface area contributed by atoms with Gasteiger partial charge in [0.1, 0.15) is 0 Å². The van der Waals surface area contributed by atoms with Gasteiger partial charge in [-0.05, 0) is 25.8 Å². The summed E-state index contributed by atoms with van der Waals surface area (Å²) in [5.41, 5.74) is 0.753. The fourth-order valence-electron chi connectivity index (χ4n) is 2.81. The molecule has 4 nitrogen and oxygen atoms in total. The molecular formula is C14H23N3OS. The molecule has 1 aliphatic rings. The van der Waals surface area contributed by atoms with Gasteiger partial charge >= 0.3 is 0 Å². The Bertz CT molecular complexity index is 449. The van der Waals surface area contributed by atoms with Crippen LogP contribution in [0.2, 0.25) is 0 Å². The first-order valence-corrected chi connectivity index (χ1v) is 7.71. The van der Waals surface area contributed by atoms with Crippen LogP contribution in [0.25, 0.3) is 0 Å². The zero-order chi connectivity index (χ0) is 14.0. The molecule has 1 atom stereocenters. The van der Waals surface area contributed by atoms with E-state index in [1.165, 1.54) is 0 Å². The number of carbonyl (C=O) groups excluding carboxylic acids is 1. The van der Waals surface area contributed by atoms with E-state index in [1.807, 2.05) is 24.3 Å². The van der Waals surface area contributed by atoms with Crippen LogP contribution >= 0.6 is 11.3 Å². The minimum atomic E-state index is -0.236. The highest BCUT2D eigenvalue weighted by atomic mass is 32.1. The number of carbonyl (C=O) groups is 1. The van der Waals surface area contributed by atoms with Gasteiger partial charge in [0.15, 0.2) is 0 Å². The molecule has 1 unspecified atom stereocenters. The summed E-state index contributed by atoms with van der Waals surface area (Å²) in [4.78, 5) is 19.1. The Balaban J connectivity index is 2.09. The van der Waals surface area contributed by atoms with Gasteiger partial charge < -0.3 is 10.2 Å². The molecule has 1 amide bonds. The van der Waals surface area contributed by atoms with E-state index in [1.54, 1.807) is 11.3 Å². The number of aryl methyl sites for hydroxylation is 1. The maximum absolute atomic E-state index is 12.8. The molecule has 2 heterocycles. The monoisotopic (exact) mass is 281 g/mol. The van der Waals surface area contributed by atoms with Crippen molar-refractivity contribution in [1.29, 1.82) is 0 Å². The number of hydrogen-bond acceptors (Lipinski definition) is 4. The molecule has 1 aliphatic heterocycles. The minimum absolute atomic E-state index is 0.236. The molecule has 5 heteroatoms. The van der Waals surface area contributed by atoms with Gasteiger partial charge in [-0.25, -0.2) is 4.98 Å². The predicted octanol–water partition coefficient (Wildman–Crippen LogP) is 2.05. The molecule has 0 aromatic carbocycles. The highest BCUT2D eigenvalue weighted by molar-refractivity contribution is 7.09. The fraction of sp³-hybridized carbons (Fsp3) is 0.714. The number of rotatable bonds is 4. The summed E-state index contributed by atoms with van der Waals surface area (Å²) < 4.78 is 0. The van der Waals surface area contributed by atoms with Crippen LogP contribution in [0.3, 0.4) is 0 Å². The quantitative estimate of drug-likeness (QED) is 0.918. The number of nitrogens with zero attached hydrogens (tertiary/aromatic N) is 2. The molecule has 1 fully saturated rings. The molecule has 2 rings (SSSR count). The van der Waals surface area contributed by atoms with Crippen molar-refractivity contribution in [2.24, 2.45) is 11.3 Å². The van der Waals surface area contributed by atoms with Crippen LogP contribution in [0.15, 0.2) is 5.38 Å². The molecule has 0 aliphatic carbocycles. The number of amides is 1. The maximum Gasteiger partial charge on any atom is 0.230 e. The summed E-state index contributed by atoms with van der Waals surface area (Å²) in [5, 5.41) is 6.43. The Morgan fingerprint density at radius 3 is 2.84 bits per heavy atom. The van der Waals surface area contributed by atoms with Crippen LogP contribution in [0.4, 0.5) is 0 Å². The summed E-state index contributed by atoms with van der Waals surface area (Å²) >= 11 is 1.63. The lowest BCUT2D eigenvalue weighted by Gasteiger charge is -2.35. The lowest BCUT2D eigenvalue weighted by molar-refractivity contribution is -0.143. The van der Waals surface area contributed by atoms with E-state index < -0.39 is 0 Å². The number of hydrogen-bond donors (Lipinski definition) is 1. The number of nitrogens with one attached hydrogen (secondary N) is 1. The first kappa shape index (κ1) is 14.5. The molecule has 106 valence electrons. The first-order valence-electron chi connectivity index (χ1n) is 6.83. The van der Waals surface area contributed by atoms with Crippen LogP contribution in [0, 0.1) is 18.3 Å². The van der Waals surface area contributed by atoms with Gasteiger partial charge in [0, 0.05) is 19.0 Å². The van der Waals surface area contributed by atoms with Crippen molar-refractivity contribution < 1.29 is 4.79 Å². The fourth-order valence-corrected chi connectivity index (χ4v) is 3.41. The van der Waals surface area contributed by atoms with Crippen LogP contribution in [-0.2, 0) is 11.3 Å². The first-order chi connectivity index (χ1) is 8.95. The smallest absolute Gasteiger partial charge is 0.230 e. The van der Waals surface area contributed by atoms with E-state index in [0.29, 0.717) is 12.5 Å². The zero-order valence-corrected chi connectivity index (χ0v) is 13.0. The summed E-state index contributed by atoms with van der Waals surface area (Å²) in [7, 11) is 1.89. The van der Waals surface area contributed by atoms with Crippen LogP contribution < -0.4 is 5.32 Å². The number of aromatic nitrogens is 1. The largest absolute Gasteiger partial charge is 0.339 e. The summed E-state index contributed by atoms with van der Waals surface area (Å²) in [6.07, 6.45) is 0.934. The minimum Gasteiger partial charge on any atom is -0.339 e. The van der Waals surface area contributed by atoms with Crippen molar-refractivity contribution in [3.05, 3.63) is 16.1 Å². The average molecular weight is 281 g/mol. The third kappa shape index (κ3) is 2.82. The molecule has 1 aromatic heterocycles. The molecule has 0 bridgehead atoms. The van der Waals surface area contributed by atoms with Gasteiger partial charge in [-0.1, -0.05) is 13.8 Å². The molecule has 19 heavy (non-hydrogen) atoms. The molecule has 1 aromatic rings. The lowest BCUT2D eigenvalue weighted by Crippen LogP contribution is -2.46. The summed E-state index contributed by atoms with van der Waals surface area (Å²) in [5.74, 6) is 0.604. The highest BCUT2D eigenvalue weighted by Gasteiger charge is 2.45. The summed E-state index contributed by atoms with van der Waals surface area (Å²) in [6.45, 7) is 8.62. The van der Waals surface area contributed by atoms with Crippen molar-refractivity contribution in [2.75, 3.05) is 20.1 Å². The van der Waals surface area contributed by atoms with Crippen molar-refractivity contribution >= 4 is 17.2 Å². The Hall–Kier alpha value is -0.940. The Morgan fingerprint density at radius 1 is 1.63 bits per heavy atom. The normalized spacial score (nSPS) is 23.0. The van der Waals surface area contributed by atoms with Crippen LogP contribution in [-0.4, -0.2) is 35.9 Å². The highest BCUT2D eigenvalue weighted by Crippen LogP contribution is 2.36. The van der Waals surface area contributed by atoms with E-state index in [9.17, 15) is 4.79 Å². The van der Waals surface area contributed by atoms with Crippen LogP contribution in [0.5, 0.6) is 0 Å². The number of thiazole rings is 1. The average Bonchev–Trinajstić information content (AvgIpc) is 2.98. The Morgan fingerprint density at radius 2 is 2.37 bits per heavy atom. The van der Waals surface area contributed by atoms with E-state index in [0.717, 1.165) is 30.2 Å². The third-order valence-corrected chi connectivity index (χ3v) is 4.95. The van der Waals surface area contributed by atoms with E-state index >= 15 is 0 Å². The molecular weight excluding hydrogens is 258 g/mol. The molecule has 1 saturated heterocycles. The van der Waals surface area contributed by atoms with Crippen LogP contribution in [0.1, 0.15) is 31.0 Å². The molecule has 0 radical (unpaired) electrons. The van der Waals surface area contributed by atoms with E-state index in [2.05, 4.69) is 24.1 Å². The maximum atomic E-state index is 12.8. The zero-order valence-electron chi connectivity index (χ0n) is 12.2. The van der Waals surface area contributed by atoms with Gasteiger partial charge in [0.2, 0.25) is 5.91 Å². The van der Waals surface area contributed by atoms with E-state index in [4.69, 9.17) is 0 Å². The summed E-state index contributed by atoms with van der Waals surface area (Å²) in [6, 6.07) is 0. The van der Waals surface area contributed by atoms with Gasteiger partial charge in [-0.3, -0.25) is 4.79 Å². The van der Waals surface area contributed by atoms with Crippen molar-refractivity contribution in [2.45, 2.75) is 33.7 Å². The van der Waals surface area contributed by atoms with E-state index in [-0.39, 0.29) is 11.3 Å². The van der Waals surface area contributed by atoms with Crippen molar-refractivity contribution in [3.63, 3.8) is 0 Å². The molecule has 1 N–H and O–H groups in total. The standard InChI is InChI=1S/C14H23N3OS/c1-10(2)14(5-6-15-9-14)13(18)17(4)7-12-8-19-11(3)16-12/h8,10,15H,5-7,9H2,1-4H3. The second-order valence-electron chi connectivity index (χ2n) is 5.76. The molecule has 0 saturated carbocycles. The second-order valence-corrected chi connectivity index (χ2v) is 6.82. The Labute approximate surface area is 119 Å². The molecule has 0 spiro atoms. The van der Waals surface area contributed by atoms with Gasteiger partial charge in [0.25, 0.3) is 0 Å². The van der Waals surface area contributed by atoms with Crippen molar-refractivity contribution in [3.8, 4) is 0 Å². The van der Waals surface area contributed by atoms with Gasteiger partial charge in [-0.15, -0.1) is 11.3 Å². The second kappa shape index (κ2) is 5.59. The predicted molar refractivity (Wildman–Crippen MR) is 78.1 cm³/mol. The van der Waals surface area contributed by atoms with Crippen molar-refractivity contribution in [1.82, 2.24) is 15.2 Å². The topological polar surface area (TPSA) is 45.2 Å². The van der Waals surface area contributed by atoms with Gasteiger partial charge in [0.05, 0.1) is 22.7 Å². The Kier molecular flexibility index (Phi) is 4.26. The lowest BCUT2D eigenvalue weighted by atomic mass is 9.75. The SMILES string of the molecule is Cc1nc(CN(C)C(=O)C2(C(C)C)CCNC2)cs1. The van der Waals surface area contributed by atoms with Gasteiger partial charge in [-0.2, -0.15) is 0 Å². The third-order valence-electron chi connectivity index (χ3n) is 4.13.